The lowest BCUT2D eigenvalue weighted by Gasteiger charge is -2.03. The summed E-state index contributed by atoms with van der Waals surface area (Å²) in [6.07, 6.45) is 0. The van der Waals surface area contributed by atoms with E-state index in [9.17, 15) is 14.4 Å². The maximum Gasteiger partial charge on any atom is 0.358 e. The van der Waals surface area contributed by atoms with E-state index < -0.39 is 17.9 Å². The predicted molar refractivity (Wildman–Crippen MR) is 56.9 cm³/mol. The molecule has 0 N–H and O–H groups in total. The van der Waals surface area contributed by atoms with Gasteiger partial charge in [-0.15, -0.1) is 0 Å². The van der Waals surface area contributed by atoms with Crippen LogP contribution in [0.3, 0.4) is 0 Å². The molecule has 8 heteroatoms. The summed E-state index contributed by atoms with van der Waals surface area (Å²) in [4.78, 5) is 33.9. The maximum atomic E-state index is 11.4. The van der Waals surface area contributed by atoms with Crippen LogP contribution >= 0.6 is 0 Å². The van der Waals surface area contributed by atoms with Gasteiger partial charge in [0.2, 0.25) is 0 Å². The van der Waals surface area contributed by atoms with Gasteiger partial charge in [0.25, 0.3) is 0 Å². The standard InChI is InChI=1S/C10H12N2O6/c1-16-8(13)5-12-7(10(15)18-3)4-6(11-12)9(14)17-2/h4H,5H2,1-3H3. The minimum Gasteiger partial charge on any atom is -0.468 e. The molecule has 0 unspecified atom stereocenters. The quantitative estimate of drug-likeness (QED) is 0.535. The number of carbonyl (C=O) groups excluding carboxylic acids is 3. The molecule has 1 rings (SSSR count). The minimum absolute atomic E-state index is 0.0386. The predicted octanol–water partition coefficient (Wildman–Crippen LogP) is -0.371. The largest absolute Gasteiger partial charge is 0.468 e. The number of ether oxygens (including phenoxy) is 3. The zero-order chi connectivity index (χ0) is 13.7. The summed E-state index contributed by atoms with van der Waals surface area (Å²) in [5, 5.41) is 3.78. The Kier molecular flexibility index (Phi) is 4.41. The molecule has 8 nitrogen and oxygen atoms in total. The van der Waals surface area contributed by atoms with Gasteiger partial charge in [-0.25, -0.2) is 14.3 Å². The Morgan fingerprint density at radius 3 is 2.22 bits per heavy atom. The van der Waals surface area contributed by atoms with Crippen LogP contribution < -0.4 is 0 Å². The van der Waals surface area contributed by atoms with Crippen molar-refractivity contribution in [3.8, 4) is 0 Å². The lowest BCUT2D eigenvalue weighted by molar-refractivity contribution is -0.141. The molecule has 0 saturated carbocycles. The lowest BCUT2D eigenvalue weighted by atomic mass is 10.3. The van der Waals surface area contributed by atoms with Crippen LogP contribution in [0.1, 0.15) is 21.0 Å². The van der Waals surface area contributed by atoms with E-state index >= 15 is 0 Å². The first-order chi connectivity index (χ1) is 8.53. The van der Waals surface area contributed by atoms with E-state index in [2.05, 4.69) is 19.3 Å². The first kappa shape index (κ1) is 13.7. The molecule has 0 aromatic carbocycles. The second-order valence-electron chi connectivity index (χ2n) is 3.13. The number of aromatic nitrogens is 2. The summed E-state index contributed by atoms with van der Waals surface area (Å²) < 4.78 is 14.4. The summed E-state index contributed by atoms with van der Waals surface area (Å²) in [5.74, 6) is -2.05. The third-order valence-electron chi connectivity index (χ3n) is 2.08. The molecule has 0 spiro atoms. The topological polar surface area (TPSA) is 96.7 Å². The fourth-order valence-electron chi connectivity index (χ4n) is 1.20. The van der Waals surface area contributed by atoms with Crippen LogP contribution in [0.25, 0.3) is 0 Å². The van der Waals surface area contributed by atoms with Crippen LogP contribution in [0.4, 0.5) is 0 Å². The smallest absolute Gasteiger partial charge is 0.358 e. The molecule has 0 radical (unpaired) electrons. The molecule has 1 aromatic heterocycles. The molecule has 0 atom stereocenters. The van der Waals surface area contributed by atoms with Crippen molar-refractivity contribution in [1.29, 1.82) is 0 Å². The van der Waals surface area contributed by atoms with E-state index in [4.69, 9.17) is 0 Å². The Morgan fingerprint density at radius 2 is 1.72 bits per heavy atom. The molecule has 0 aliphatic heterocycles. The van der Waals surface area contributed by atoms with Gasteiger partial charge in [0, 0.05) is 6.07 Å². The van der Waals surface area contributed by atoms with Crippen LogP contribution in [0.5, 0.6) is 0 Å². The number of esters is 3. The van der Waals surface area contributed by atoms with Crippen LogP contribution in [-0.2, 0) is 25.5 Å². The van der Waals surface area contributed by atoms with Gasteiger partial charge in [-0.2, -0.15) is 5.10 Å². The molecule has 1 heterocycles. The maximum absolute atomic E-state index is 11.4. The van der Waals surface area contributed by atoms with Gasteiger partial charge in [0.15, 0.2) is 5.69 Å². The second kappa shape index (κ2) is 5.80. The van der Waals surface area contributed by atoms with Crippen molar-refractivity contribution < 1.29 is 28.6 Å². The highest BCUT2D eigenvalue weighted by Crippen LogP contribution is 2.08. The number of hydrogen-bond acceptors (Lipinski definition) is 7. The number of nitrogens with zero attached hydrogens (tertiary/aromatic N) is 2. The summed E-state index contributed by atoms with van der Waals surface area (Å²) in [5.41, 5.74) is -0.134. The van der Waals surface area contributed by atoms with Gasteiger partial charge in [-0.05, 0) is 0 Å². The molecule has 18 heavy (non-hydrogen) atoms. The SMILES string of the molecule is COC(=O)Cn1nc(C(=O)OC)cc1C(=O)OC. The molecular weight excluding hydrogens is 244 g/mol. The minimum atomic E-state index is -0.721. The zero-order valence-corrected chi connectivity index (χ0v) is 10.1. The highest BCUT2D eigenvalue weighted by atomic mass is 16.5. The summed E-state index contributed by atoms with van der Waals surface area (Å²) in [6, 6.07) is 1.18. The van der Waals surface area contributed by atoms with Crippen LogP contribution in [0.15, 0.2) is 6.07 Å². The van der Waals surface area contributed by atoms with Crippen molar-refractivity contribution in [3.63, 3.8) is 0 Å². The summed E-state index contributed by atoms with van der Waals surface area (Å²) >= 11 is 0. The van der Waals surface area contributed by atoms with Gasteiger partial charge in [-0.1, -0.05) is 0 Å². The monoisotopic (exact) mass is 256 g/mol. The van der Waals surface area contributed by atoms with Crippen molar-refractivity contribution in [2.75, 3.05) is 21.3 Å². The van der Waals surface area contributed by atoms with E-state index in [1.54, 1.807) is 0 Å². The number of methoxy groups -OCH3 is 3. The molecule has 98 valence electrons. The zero-order valence-electron chi connectivity index (χ0n) is 10.1. The third kappa shape index (κ3) is 2.84. The molecule has 0 aliphatic carbocycles. The fourth-order valence-corrected chi connectivity index (χ4v) is 1.20. The number of carbonyl (C=O) groups is 3. The molecule has 0 saturated heterocycles. The van der Waals surface area contributed by atoms with E-state index in [0.29, 0.717) is 0 Å². The third-order valence-corrected chi connectivity index (χ3v) is 2.08. The van der Waals surface area contributed by atoms with Crippen molar-refractivity contribution in [2.45, 2.75) is 6.54 Å². The molecule has 0 bridgehead atoms. The Hall–Kier alpha value is -2.38. The van der Waals surface area contributed by atoms with Crippen LogP contribution in [0.2, 0.25) is 0 Å². The Bertz CT molecular complexity index is 479. The van der Waals surface area contributed by atoms with E-state index in [1.165, 1.54) is 27.4 Å². The summed E-state index contributed by atoms with van der Waals surface area (Å²) in [6.45, 7) is -0.308. The van der Waals surface area contributed by atoms with Crippen molar-refractivity contribution >= 4 is 17.9 Å². The number of hydrogen-bond donors (Lipinski definition) is 0. The average molecular weight is 256 g/mol. The first-order valence-corrected chi connectivity index (χ1v) is 4.84. The Balaban J connectivity index is 3.12. The molecular formula is C10H12N2O6. The fraction of sp³-hybridized carbons (Fsp3) is 0.400. The summed E-state index contributed by atoms with van der Waals surface area (Å²) in [7, 11) is 3.56. The van der Waals surface area contributed by atoms with Gasteiger partial charge < -0.3 is 14.2 Å². The van der Waals surface area contributed by atoms with Crippen molar-refractivity contribution in [1.82, 2.24) is 9.78 Å². The van der Waals surface area contributed by atoms with Gasteiger partial charge in [-0.3, -0.25) is 4.79 Å². The van der Waals surface area contributed by atoms with Crippen molar-refractivity contribution in [2.24, 2.45) is 0 Å². The molecule has 0 aliphatic rings. The normalized spacial score (nSPS) is 9.72. The van der Waals surface area contributed by atoms with Gasteiger partial charge >= 0.3 is 17.9 Å². The second-order valence-corrected chi connectivity index (χ2v) is 3.13. The highest BCUT2D eigenvalue weighted by Gasteiger charge is 2.21. The molecule has 0 amide bonds. The number of rotatable bonds is 4. The van der Waals surface area contributed by atoms with Crippen molar-refractivity contribution in [3.05, 3.63) is 17.5 Å². The first-order valence-electron chi connectivity index (χ1n) is 4.84. The van der Waals surface area contributed by atoms with E-state index in [-0.39, 0.29) is 17.9 Å². The van der Waals surface area contributed by atoms with E-state index in [0.717, 1.165) is 4.68 Å². The molecule has 1 aromatic rings. The van der Waals surface area contributed by atoms with Crippen LogP contribution in [0, 0.1) is 0 Å². The van der Waals surface area contributed by atoms with Gasteiger partial charge in [0.1, 0.15) is 12.2 Å². The highest BCUT2D eigenvalue weighted by molar-refractivity contribution is 5.93. The average Bonchev–Trinajstić information content (AvgIpc) is 2.80. The lowest BCUT2D eigenvalue weighted by Crippen LogP contribution is -2.18. The van der Waals surface area contributed by atoms with Crippen LogP contribution in [-0.4, -0.2) is 49.0 Å². The van der Waals surface area contributed by atoms with Gasteiger partial charge in [0.05, 0.1) is 21.3 Å². The Morgan fingerprint density at radius 1 is 1.11 bits per heavy atom. The Labute approximate surface area is 102 Å². The van der Waals surface area contributed by atoms with E-state index in [1.807, 2.05) is 0 Å². The molecule has 0 fully saturated rings.